The van der Waals surface area contributed by atoms with Crippen LogP contribution in [0.25, 0.3) is 0 Å². The Hall–Kier alpha value is -3.18. The van der Waals surface area contributed by atoms with E-state index in [1.54, 1.807) is 30.3 Å². The van der Waals surface area contributed by atoms with Crippen molar-refractivity contribution in [2.24, 2.45) is 0 Å². The number of carbonyl (C=O) groups excluding carboxylic acids is 2. The van der Waals surface area contributed by atoms with Gasteiger partial charge in [-0.2, -0.15) is 0 Å². The number of allylic oxidation sites excluding steroid dienone is 2. The summed E-state index contributed by atoms with van der Waals surface area (Å²) in [6, 6.07) is 8.98. The number of nitrogens with zero attached hydrogens (tertiary/aromatic N) is 1. The fourth-order valence-corrected chi connectivity index (χ4v) is 5.07. The summed E-state index contributed by atoms with van der Waals surface area (Å²) in [4.78, 5) is 32.9. The molecule has 154 valence electrons. The molecule has 0 amide bonds. The van der Waals surface area contributed by atoms with E-state index in [0.717, 1.165) is 37.3 Å². The van der Waals surface area contributed by atoms with Crippen molar-refractivity contribution < 1.29 is 19.3 Å². The molecule has 2 heterocycles. The van der Waals surface area contributed by atoms with Crippen LogP contribution in [0.1, 0.15) is 51.1 Å². The van der Waals surface area contributed by atoms with Crippen molar-refractivity contribution in [1.82, 2.24) is 0 Å². The maximum Gasteiger partial charge on any atom is 0.258 e. The lowest BCUT2D eigenvalue weighted by Gasteiger charge is -2.33. The molecule has 0 bridgehead atoms. The van der Waals surface area contributed by atoms with E-state index >= 15 is 0 Å². The van der Waals surface area contributed by atoms with Gasteiger partial charge in [-0.15, -0.1) is 0 Å². The van der Waals surface area contributed by atoms with Gasteiger partial charge in [-0.1, -0.05) is 35.9 Å². The van der Waals surface area contributed by atoms with Crippen molar-refractivity contribution >= 4 is 40.3 Å². The van der Waals surface area contributed by atoms with Gasteiger partial charge in [0.2, 0.25) is 17.6 Å². The SMILES string of the molecule is O=C1c2ccccc2C(=O)c2c3c(cc(N4CCCCC4)c21)OC1C=C(Cl)C=CC1=[NH+]3. The van der Waals surface area contributed by atoms with Crippen LogP contribution >= 0.6 is 11.6 Å². The highest BCUT2D eigenvalue weighted by atomic mass is 35.5. The normalized spacial score (nSPS) is 21.3. The van der Waals surface area contributed by atoms with E-state index in [9.17, 15) is 9.59 Å². The number of carbonyl (C=O) groups is 2. The standard InChI is InChI=1S/C25H19ClN2O3/c26-14-8-9-17-19(12-14)31-20-13-18(28-10-4-1-5-11-28)21-22(23(20)27-17)25(30)16-7-3-2-6-15(16)24(21)29/h2-3,6-9,12-13,19H,1,4-5,10-11H2/p+1. The first kappa shape index (κ1) is 18.6. The summed E-state index contributed by atoms with van der Waals surface area (Å²) in [7, 11) is 0. The van der Waals surface area contributed by atoms with Gasteiger partial charge in [0.25, 0.3) is 5.69 Å². The summed E-state index contributed by atoms with van der Waals surface area (Å²) in [5.74, 6) is 0.318. The molecule has 1 fully saturated rings. The molecular formula is C25H20ClN2O3+. The Morgan fingerprint density at radius 2 is 1.68 bits per heavy atom. The molecule has 0 aromatic heterocycles. The molecule has 5 nitrogen and oxygen atoms in total. The zero-order valence-electron chi connectivity index (χ0n) is 16.8. The molecule has 0 saturated carbocycles. The van der Waals surface area contributed by atoms with Gasteiger partial charge < -0.3 is 9.64 Å². The maximum absolute atomic E-state index is 13.6. The Labute approximate surface area is 184 Å². The van der Waals surface area contributed by atoms with Crippen LogP contribution < -0.4 is 14.6 Å². The van der Waals surface area contributed by atoms with Gasteiger partial charge in [-0.3, -0.25) is 9.59 Å². The van der Waals surface area contributed by atoms with Crippen LogP contribution in [0.3, 0.4) is 0 Å². The zero-order chi connectivity index (χ0) is 21.1. The first-order valence-electron chi connectivity index (χ1n) is 10.6. The molecule has 1 unspecified atom stereocenters. The van der Waals surface area contributed by atoms with Gasteiger partial charge in [0.05, 0.1) is 11.3 Å². The number of rotatable bonds is 1. The van der Waals surface area contributed by atoms with Crippen LogP contribution in [-0.2, 0) is 0 Å². The summed E-state index contributed by atoms with van der Waals surface area (Å²) >= 11 is 6.18. The highest BCUT2D eigenvalue weighted by Crippen LogP contribution is 2.43. The van der Waals surface area contributed by atoms with Crippen LogP contribution in [0.4, 0.5) is 11.4 Å². The fraction of sp³-hybridized carbons (Fsp3) is 0.240. The zero-order valence-corrected chi connectivity index (χ0v) is 17.5. The average Bonchev–Trinajstić information content (AvgIpc) is 2.80. The fourth-order valence-electron chi connectivity index (χ4n) is 4.90. The van der Waals surface area contributed by atoms with Crippen LogP contribution in [0.15, 0.2) is 53.6 Å². The smallest absolute Gasteiger partial charge is 0.258 e. The number of hydrogen-bond donors (Lipinski definition) is 1. The van der Waals surface area contributed by atoms with Crippen molar-refractivity contribution in [1.29, 1.82) is 0 Å². The quantitative estimate of drug-likeness (QED) is 0.643. The molecule has 2 aliphatic heterocycles. The second-order valence-corrected chi connectivity index (χ2v) is 8.71. The van der Waals surface area contributed by atoms with E-state index < -0.39 is 0 Å². The molecular weight excluding hydrogens is 412 g/mol. The van der Waals surface area contributed by atoms with Gasteiger partial charge in [0.15, 0.2) is 11.5 Å². The molecule has 31 heavy (non-hydrogen) atoms. The predicted octanol–water partition coefficient (Wildman–Crippen LogP) is 3.06. The number of nitrogens with one attached hydrogen (secondary N) is 1. The van der Waals surface area contributed by atoms with Crippen molar-refractivity contribution in [3.05, 3.63) is 75.8 Å². The minimum absolute atomic E-state index is 0.107. The Kier molecular flexibility index (Phi) is 4.15. The number of piperidine rings is 1. The highest BCUT2D eigenvalue weighted by Gasteiger charge is 2.42. The second-order valence-electron chi connectivity index (χ2n) is 8.27. The third-order valence-corrected chi connectivity index (χ3v) is 6.65. The van der Waals surface area contributed by atoms with E-state index in [1.165, 1.54) is 6.42 Å². The third kappa shape index (κ3) is 2.80. The lowest BCUT2D eigenvalue weighted by atomic mass is 9.81. The van der Waals surface area contributed by atoms with Crippen LogP contribution in [-0.4, -0.2) is 36.5 Å². The lowest BCUT2D eigenvalue weighted by Crippen LogP contribution is -2.72. The van der Waals surface area contributed by atoms with Gasteiger partial charge in [-0.05, 0) is 31.4 Å². The van der Waals surface area contributed by atoms with E-state index in [0.29, 0.717) is 38.7 Å². The predicted molar refractivity (Wildman–Crippen MR) is 119 cm³/mol. The summed E-state index contributed by atoms with van der Waals surface area (Å²) in [5, 5.41) is 0.605. The van der Waals surface area contributed by atoms with E-state index in [-0.39, 0.29) is 17.7 Å². The van der Waals surface area contributed by atoms with Gasteiger partial charge in [-0.25, -0.2) is 4.99 Å². The van der Waals surface area contributed by atoms with Crippen LogP contribution in [0, 0.1) is 0 Å². The largest absolute Gasteiger partial charge is 0.468 e. The monoisotopic (exact) mass is 431 g/mol. The number of fused-ring (bicyclic) bond motifs is 5. The molecule has 6 heteroatoms. The van der Waals surface area contributed by atoms with Crippen molar-refractivity contribution in [2.75, 3.05) is 18.0 Å². The summed E-state index contributed by atoms with van der Waals surface area (Å²) in [6.45, 7) is 1.72. The number of benzene rings is 2. The first-order valence-corrected chi connectivity index (χ1v) is 11.0. The first-order chi connectivity index (χ1) is 15.1. The molecule has 0 radical (unpaired) electrons. The Bertz CT molecular complexity index is 1250. The molecule has 0 spiro atoms. The van der Waals surface area contributed by atoms with Crippen molar-refractivity contribution in [2.45, 2.75) is 25.4 Å². The second kappa shape index (κ2) is 6.92. The Morgan fingerprint density at radius 1 is 0.968 bits per heavy atom. The number of hydrogen-bond acceptors (Lipinski definition) is 4. The number of ether oxygens (including phenoxy) is 1. The minimum atomic E-state index is -0.348. The summed E-state index contributed by atoms with van der Waals surface area (Å²) < 4.78 is 6.27. The molecule has 4 aliphatic rings. The molecule has 2 aromatic carbocycles. The van der Waals surface area contributed by atoms with Gasteiger partial charge in [0.1, 0.15) is 5.56 Å². The average molecular weight is 432 g/mol. The van der Waals surface area contributed by atoms with Crippen LogP contribution in [0.5, 0.6) is 5.75 Å². The molecule has 1 saturated heterocycles. The third-order valence-electron chi connectivity index (χ3n) is 6.40. The number of ketones is 2. The number of anilines is 1. The van der Waals surface area contributed by atoms with E-state index in [1.807, 2.05) is 18.2 Å². The van der Waals surface area contributed by atoms with Crippen molar-refractivity contribution in [3.8, 4) is 5.75 Å². The highest BCUT2D eigenvalue weighted by molar-refractivity contribution is 6.33. The summed E-state index contributed by atoms with van der Waals surface area (Å²) in [6.07, 6.45) is 8.41. The Balaban J connectivity index is 1.62. The maximum atomic E-state index is 13.6. The molecule has 1 atom stereocenters. The number of halogens is 1. The van der Waals surface area contributed by atoms with Gasteiger partial charge in [0, 0.05) is 41.4 Å². The molecule has 6 rings (SSSR count). The van der Waals surface area contributed by atoms with Gasteiger partial charge >= 0.3 is 0 Å². The van der Waals surface area contributed by atoms with Crippen LogP contribution in [0.2, 0.25) is 0 Å². The van der Waals surface area contributed by atoms with E-state index in [4.69, 9.17) is 16.3 Å². The molecule has 2 aromatic rings. The topological polar surface area (TPSA) is 60.6 Å². The molecule has 1 N–H and O–H groups in total. The molecule has 2 aliphatic carbocycles. The Morgan fingerprint density at radius 3 is 2.42 bits per heavy atom. The van der Waals surface area contributed by atoms with Crippen molar-refractivity contribution in [3.63, 3.8) is 0 Å². The lowest BCUT2D eigenvalue weighted by molar-refractivity contribution is -0.362. The minimum Gasteiger partial charge on any atom is -0.468 e. The summed E-state index contributed by atoms with van der Waals surface area (Å²) in [5.41, 5.74) is 3.93. The van der Waals surface area contributed by atoms with E-state index in [2.05, 4.69) is 9.89 Å².